The van der Waals surface area contributed by atoms with Gasteiger partial charge in [-0.15, -0.1) is 10.2 Å². The van der Waals surface area contributed by atoms with Gasteiger partial charge >= 0.3 is 5.69 Å². The molecule has 7 nitrogen and oxygen atoms in total. The summed E-state index contributed by atoms with van der Waals surface area (Å²) >= 11 is 1.46. The van der Waals surface area contributed by atoms with Crippen molar-refractivity contribution >= 4 is 11.8 Å². The van der Waals surface area contributed by atoms with Gasteiger partial charge in [0.05, 0.1) is 0 Å². The molecule has 0 atom stereocenters. The fourth-order valence-corrected chi connectivity index (χ4v) is 2.69. The van der Waals surface area contributed by atoms with E-state index >= 15 is 0 Å². The molecule has 2 aromatic heterocycles. The molecular formula is C15H14N4O3S. The molecule has 3 rings (SSSR count). The molecule has 118 valence electrons. The molecule has 0 aliphatic rings. The molecule has 0 unspecified atom stereocenters. The second kappa shape index (κ2) is 7.10. The largest absolute Gasteiger partial charge is 0.416 e. The summed E-state index contributed by atoms with van der Waals surface area (Å²) in [5.41, 5.74) is 0.316. The van der Waals surface area contributed by atoms with Gasteiger partial charge in [0.1, 0.15) is 0 Å². The summed E-state index contributed by atoms with van der Waals surface area (Å²) in [6.45, 7) is 0.362. The molecule has 0 aliphatic carbocycles. The highest BCUT2D eigenvalue weighted by molar-refractivity contribution is 7.98. The first kappa shape index (κ1) is 15.3. The lowest BCUT2D eigenvalue weighted by Gasteiger charge is -2.01. The maximum absolute atomic E-state index is 11.6. The summed E-state index contributed by atoms with van der Waals surface area (Å²) in [5.74, 6) is 1.21. The average Bonchev–Trinajstić information content (AvgIpc) is 3.01. The van der Waals surface area contributed by atoms with E-state index in [1.807, 2.05) is 30.3 Å². The Morgan fingerprint density at radius 3 is 2.74 bits per heavy atom. The Balaban J connectivity index is 1.57. The fraction of sp³-hybridized carbons (Fsp3) is 0.200. The lowest BCUT2D eigenvalue weighted by atomic mass is 10.2. The van der Waals surface area contributed by atoms with Crippen molar-refractivity contribution in [3.63, 3.8) is 0 Å². The predicted molar refractivity (Wildman–Crippen MR) is 85.3 cm³/mol. The molecule has 0 saturated carbocycles. The zero-order valence-electron chi connectivity index (χ0n) is 12.1. The number of hydrogen-bond acceptors (Lipinski definition) is 6. The summed E-state index contributed by atoms with van der Waals surface area (Å²) in [4.78, 5) is 24.8. The molecule has 0 saturated heterocycles. The Kier molecular flexibility index (Phi) is 4.72. The molecule has 1 aromatic carbocycles. The first-order valence-electron chi connectivity index (χ1n) is 6.99. The van der Waals surface area contributed by atoms with Crippen molar-refractivity contribution in [1.29, 1.82) is 0 Å². The number of nitrogens with one attached hydrogen (secondary N) is 1. The Labute approximate surface area is 135 Å². The Morgan fingerprint density at radius 2 is 1.96 bits per heavy atom. The van der Waals surface area contributed by atoms with Gasteiger partial charge in [0.25, 0.3) is 10.8 Å². The molecule has 0 radical (unpaired) electrons. The van der Waals surface area contributed by atoms with Crippen molar-refractivity contribution in [3.8, 4) is 0 Å². The van der Waals surface area contributed by atoms with E-state index in [0.717, 1.165) is 5.75 Å². The van der Waals surface area contributed by atoms with Crippen LogP contribution in [0.5, 0.6) is 0 Å². The van der Waals surface area contributed by atoms with Gasteiger partial charge in [-0.05, 0) is 5.56 Å². The van der Waals surface area contributed by atoms with Crippen molar-refractivity contribution in [2.24, 2.45) is 0 Å². The average molecular weight is 330 g/mol. The van der Waals surface area contributed by atoms with Crippen molar-refractivity contribution in [2.45, 2.75) is 23.9 Å². The normalized spacial score (nSPS) is 10.8. The molecule has 23 heavy (non-hydrogen) atoms. The number of thioether (sulfide) groups is 1. The van der Waals surface area contributed by atoms with Gasteiger partial charge in [0.2, 0.25) is 5.89 Å². The number of nitrogens with zero attached hydrogens (tertiary/aromatic N) is 3. The van der Waals surface area contributed by atoms with Crippen LogP contribution in [0.1, 0.15) is 11.5 Å². The fourth-order valence-electron chi connectivity index (χ4n) is 1.95. The van der Waals surface area contributed by atoms with Gasteiger partial charge in [-0.1, -0.05) is 42.1 Å². The molecule has 0 aliphatic heterocycles. The molecule has 2 heterocycles. The van der Waals surface area contributed by atoms with Gasteiger partial charge in [0.15, 0.2) is 0 Å². The van der Waals surface area contributed by atoms with Crippen LogP contribution >= 0.6 is 11.8 Å². The minimum atomic E-state index is -0.448. The Bertz CT molecular complexity index is 885. The number of H-pyrrole nitrogens is 1. The van der Waals surface area contributed by atoms with E-state index < -0.39 is 11.2 Å². The van der Waals surface area contributed by atoms with Crippen molar-refractivity contribution in [3.05, 3.63) is 74.9 Å². The van der Waals surface area contributed by atoms with Crippen molar-refractivity contribution in [1.82, 2.24) is 19.7 Å². The maximum atomic E-state index is 11.6. The van der Waals surface area contributed by atoms with E-state index in [0.29, 0.717) is 24.1 Å². The lowest BCUT2D eigenvalue weighted by molar-refractivity contribution is 0.403. The number of hydrogen-bond donors (Lipinski definition) is 1. The van der Waals surface area contributed by atoms with E-state index in [2.05, 4.69) is 15.2 Å². The van der Waals surface area contributed by atoms with Crippen LogP contribution in [-0.2, 0) is 18.7 Å². The maximum Gasteiger partial charge on any atom is 0.328 e. The van der Waals surface area contributed by atoms with Gasteiger partial charge in [-0.2, -0.15) is 0 Å². The van der Waals surface area contributed by atoms with E-state index in [9.17, 15) is 9.59 Å². The number of rotatable bonds is 6. The summed E-state index contributed by atoms with van der Waals surface area (Å²) in [6, 6.07) is 11.3. The molecular weight excluding hydrogens is 316 g/mol. The van der Waals surface area contributed by atoms with Crippen molar-refractivity contribution in [2.75, 3.05) is 0 Å². The first-order valence-corrected chi connectivity index (χ1v) is 7.98. The topological polar surface area (TPSA) is 93.8 Å². The third-order valence-electron chi connectivity index (χ3n) is 3.12. The van der Waals surface area contributed by atoms with E-state index in [4.69, 9.17) is 4.42 Å². The van der Waals surface area contributed by atoms with Crippen LogP contribution in [-0.4, -0.2) is 19.7 Å². The summed E-state index contributed by atoms with van der Waals surface area (Å²) in [6.07, 6.45) is 1.87. The van der Waals surface area contributed by atoms with E-state index in [1.54, 1.807) is 0 Å². The number of aromatic amines is 1. The van der Waals surface area contributed by atoms with E-state index in [-0.39, 0.29) is 0 Å². The molecule has 0 fully saturated rings. The highest BCUT2D eigenvalue weighted by Gasteiger charge is 2.08. The third kappa shape index (κ3) is 4.19. The molecule has 3 aromatic rings. The monoisotopic (exact) mass is 330 g/mol. The molecule has 1 N–H and O–H groups in total. The third-order valence-corrected chi connectivity index (χ3v) is 4.01. The Hall–Kier alpha value is -2.61. The lowest BCUT2D eigenvalue weighted by Crippen LogP contribution is -2.29. The van der Waals surface area contributed by atoms with Gasteiger partial charge in [0, 0.05) is 31.0 Å². The minimum Gasteiger partial charge on any atom is -0.416 e. The smallest absolute Gasteiger partial charge is 0.328 e. The molecule has 8 heteroatoms. The zero-order chi connectivity index (χ0) is 16.1. The van der Waals surface area contributed by atoms with Crippen LogP contribution in [0.25, 0.3) is 0 Å². The Morgan fingerprint density at radius 1 is 1.13 bits per heavy atom. The van der Waals surface area contributed by atoms with Crippen molar-refractivity contribution < 1.29 is 4.42 Å². The van der Waals surface area contributed by atoms with Crippen LogP contribution in [0.2, 0.25) is 0 Å². The first-order chi connectivity index (χ1) is 11.2. The molecule has 0 spiro atoms. The summed E-state index contributed by atoms with van der Waals surface area (Å²) in [7, 11) is 0. The van der Waals surface area contributed by atoms with Gasteiger partial charge in [-0.3, -0.25) is 9.78 Å². The zero-order valence-corrected chi connectivity index (χ0v) is 13.0. The van der Waals surface area contributed by atoms with Crippen LogP contribution in [0.3, 0.4) is 0 Å². The standard InChI is InChI=1S/C15H14N4O3S/c20-12-6-8-19(14(21)16-12)9-7-13-17-18-15(22-13)23-10-11-4-2-1-3-5-11/h1-6,8H,7,9-10H2,(H,16,20,21). The number of aryl methyl sites for hydroxylation is 2. The quantitative estimate of drug-likeness (QED) is 0.688. The van der Waals surface area contributed by atoms with E-state index in [1.165, 1.54) is 34.2 Å². The second-order valence-corrected chi connectivity index (χ2v) is 5.72. The highest BCUT2D eigenvalue weighted by atomic mass is 32.2. The predicted octanol–water partition coefficient (Wildman–Crippen LogP) is 1.45. The van der Waals surface area contributed by atoms with Crippen LogP contribution < -0.4 is 11.2 Å². The van der Waals surface area contributed by atoms with Crippen LogP contribution in [0.15, 0.2) is 61.8 Å². The number of benzene rings is 1. The molecule has 0 amide bonds. The number of aromatic nitrogens is 4. The SMILES string of the molecule is O=c1ccn(CCc2nnc(SCc3ccccc3)o2)c(=O)[nH]1. The van der Waals surface area contributed by atoms with Gasteiger partial charge < -0.3 is 8.98 Å². The second-order valence-electron chi connectivity index (χ2n) is 4.79. The highest BCUT2D eigenvalue weighted by Crippen LogP contribution is 2.21. The minimum absolute atomic E-state index is 0.362. The summed E-state index contributed by atoms with van der Waals surface area (Å²) in [5, 5.41) is 8.44. The summed E-state index contributed by atoms with van der Waals surface area (Å²) < 4.78 is 6.94. The van der Waals surface area contributed by atoms with Crippen LogP contribution in [0, 0.1) is 0 Å². The van der Waals surface area contributed by atoms with Crippen LogP contribution in [0.4, 0.5) is 0 Å². The van der Waals surface area contributed by atoms with Gasteiger partial charge in [-0.25, -0.2) is 4.79 Å². The molecule has 0 bridgehead atoms.